The summed E-state index contributed by atoms with van der Waals surface area (Å²) in [5.74, 6) is 1.46. The molecule has 3 heteroatoms. The van der Waals surface area contributed by atoms with Crippen LogP contribution in [0, 0.1) is 6.92 Å². The van der Waals surface area contributed by atoms with Crippen molar-refractivity contribution in [2.24, 2.45) is 0 Å². The van der Waals surface area contributed by atoms with E-state index in [1.165, 1.54) is 5.57 Å². The molecule has 0 aliphatic heterocycles. The summed E-state index contributed by atoms with van der Waals surface area (Å²) in [6, 6.07) is 24.1. The molecule has 3 nitrogen and oxygen atoms in total. The Bertz CT molecular complexity index is 1020. The molecule has 0 aromatic heterocycles. The van der Waals surface area contributed by atoms with Gasteiger partial charge in [0, 0.05) is 5.56 Å². The van der Waals surface area contributed by atoms with Crippen molar-refractivity contribution in [3.8, 4) is 11.5 Å². The maximum absolute atomic E-state index is 11.4. The Morgan fingerprint density at radius 1 is 0.844 bits per heavy atom. The van der Waals surface area contributed by atoms with Crippen LogP contribution in [0.3, 0.4) is 0 Å². The lowest BCUT2D eigenvalue weighted by Gasteiger charge is -2.27. The summed E-state index contributed by atoms with van der Waals surface area (Å²) in [5, 5.41) is 11.4. The minimum absolute atomic E-state index is 0.446. The van der Waals surface area contributed by atoms with Gasteiger partial charge in [-0.1, -0.05) is 72.3 Å². The van der Waals surface area contributed by atoms with Gasteiger partial charge in [0.05, 0.1) is 5.60 Å². The van der Waals surface area contributed by atoms with E-state index in [0.717, 1.165) is 34.4 Å². The summed E-state index contributed by atoms with van der Waals surface area (Å²) < 4.78 is 12.3. The average molecular weight is 431 g/mol. The molecule has 168 valence electrons. The van der Waals surface area contributed by atoms with Gasteiger partial charge in [-0.05, 0) is 69.4 Å². The standard InChI is InChI=1S/C29H34O3/c1-22(2)12-11-17-29(4,30)26-19-27(31-20-24-13-7-5-8-14-24)23(3)18-28(26)32-21-25-15-9-6-10-16-25/h5-10,12-16,18-19,30H,11,17,20-21H2,1-4H3. The van der Waals surface area contributed by atoms with Gasteiger partial charge in [-0.2, -0.15) is 0 Å². The van der Waals surface area contributed by atoms with Crippen LogP contribution in [0.4, 0.5) is 0 Å². The fourth-order valence-electron chi connectivity index (χ4n) is 3.60. The van der Waals surface area contributed by atoms with Gasteiger partial charge >= 0.3 is 0 Å². The first-order chi connectivity index (χ1) is 15.3. The van der Waals surface area contributed by atoms with Crippen LogP contribution in [-0.4, -0.2) is 5.11 Å². The monoisotopic (exact) mass is 430 g/mol. The number of hydrogen-bond donors (Lipinski definition) is 1. The van der Waals surface area contributed by atoms with Gasteiger partial charge < -0.3 is 14.6 Å². The predicted octanol–water partition coefficient (Wildman–Crippen LogP) is 7.11. The summed E-state index contributed by atoms with van der Waals surface area (Å²) in [4.78, 5) is 0. The Balaban J connectivity index is 1.87. The maximum atomic E-state index is 11.4. The van der Waals surface area contributed by atoms with Crippen molar-refractivity contribution < 1.29 is 14.6 Å². The van der Waals surface area contributed by atoms with E-state index < -0.39 is 5.60 Å². The first-order valence-corrected chi connectivity index (χ1v) is 11.2. The molecule has 3 rings (SSSR count). The van der Waals surface area contributed by atoms with E-state index in [9.17, 15) is 5.11 Å². The van der Waals surface area contributed by atoms with Crippen molar-refractivity contribution in [3.05, 3.63) is 107 Å². The quantitative estimate of drug-likeness (QED) is 0.348. The molecule has 3 aromatic rings. The van der Waals surface area contributed by atoms with Crippen LogP contribution in [-0.2, 0) is 18.8 Å². The van der Waals surface area contributed by atoms with Gasteiger partial charge in [-0.15, -0.1) is 0 Å². The number of aliphatic hydroxyl groups is 1. The lowest BCUT2D eigenvalue weighted by atomic mass is 9.89. The fraction of sp³-hybridized carbons (Fsp3) is 0.310. The first-order valence-electron chi connectivity index (χ1n) is 11.2. The second-order valence-electron chi connectivity index (χ2n) is 8.76. The van der Waals surface area contributed by atoms with Crippen LogP contribution < -0.4 is 9.47 Å². The van der Waals surface area contributed by atoms with E-state index >= 15 is 0 Å². The van der Waals surface area contributed by atoms with Gasteiger partial charge in [-0.25, -0.2) is 0 Å². The summed E-state index contributed by atoms with van der Waals surface area (Å²) in [7, 11) is 0. The minimum atomic E-state index is -1.05. The third-order valence-electron chi connectivity index (χ3n) is 5.52. The first kappa shape index (κ1) is 23.6. The molecule has 1 atom stereocenters. The van der Waals surface area contributed by atoms with Gasteiger partial charge in [-0.3, -0.25) is 0 Å². The van der Waals surface area contributed by atoms with Gasteiger partial charge in [0.1, 0.15) is 24.7 Å². The highest BCUT2D eigenvalue weighted by molar-refractivity contribution is 5.48. The molecule has 0 bridgehead atoms. The smallest absolute Gasteiger partial charge is 0.126 e. The van der Waals surface area contributed by atoms with Crippen LogP contribution in [0.5, 0.6) is 11.5 Å². The van der Waals surface area contributed by atoms with Crippen molar-refractivity contribution in [1.29, 1.82) is 0 Å². The number of aryl methyl sites for hydroxylation is 1. The van der Waals surface area contributed by atoms with Crippen molar-refractivity contribution in [3.63, 3.8) is 0 Å². The molecule has 0 aliphatic rings. The van der Waals surface area contributed by atoms with Gasteiger partial charge in [0.25, 0.3) is 0 Å². The van der Waals surface area contributed by atoms with Gasteiger partial charge in [0.2, 0.25) is 0 Å². The molecule has 0 saturated carbocycles. The highest BCUT2D eigenvalue weighted by Gasteiger charge is 2.28. The zero-order valence-corrected chi connectivity index (χ0v) is 19.6. The van der Waals surface area contributed by atoms with Crippen molar-refractivity contribution >= 4 is 0 Å². The zero-order chi connectivity index (χ0) is 23.0. The largest absolute Gasteiger partial charge is 0.489 e. The van der Waals surface area contributed by atoms with Gasteiger partial charge in [0.15, 0.2) is 0 Å². The molecule has 32 heavy (non-hydrogen) atoms. The molecule has 1 unspecified atom stereocenters. The minimum Gasteiger partial charge on any atom is -0.489 e. The summed E-state index contributed by atoms with van der Waals surface area (Å²) >= 11 is 0. The van der Waals surface area contributed by atoms with Crippen LogP contribution >= 0.6 is 0 Å². The number of hydrogen-bond acceptors (Lipinski definition) is 3. The Kier molecular flexibility index (Phi) is 8.13. The predicted molar refractivity (Wildman–Crippen MR) is 131 cm³/mol. The Labute approximate surface area is 192 Å². The molecule has 3 aromatic carbocycles. The van der Waals surface area contributed by atoms with Crippen LogP contribution in [0.2, 0.25) is 0 Å². The third kappa shape index (κ3) is 6.73. The molecule has 0 radical (unpaired) electrons. The normalized spacial score (nSPS) is 12.7. The van der Waals surface area contributed by atoms with E-state index in [-0.39, 0.29) is 0 Å². The molecule has 0 amide bonds. The van der Waals surface area contributed by atoms with E-state index in [0.29, 0.717) is 25.4 Å². The second kappa shape index (κ2) is 11.0. The SMILES string of the molecule is CC(C)=CCCC(C)(O)c1cc(OCc2ccccc2)c(C)cc1OCc1ccccc1. The Hall–Kier alpha value is -3.04. The molecule has 0 aliphatic carbocycles. The molecule has 0 fully saturated rings. The number of ether oxygens (including phenoxy) is 2. The molecular formula is C29H34O3. The molecular weight excluding hydrogens is 396 g/mol. The Morgan fingerprint density at radius 2 is 1.38 bits per heavy atom. The summed E-state index contributed by atoms with van der Waals surface area (Å²) in [5.41, 5.74) is 4.13. The highest BCUT2D eigenvalue weighted by atomic mass is 16.5. The second-order valence-corrected chi connectivity index (χ2v) is 8.76. The average Bonchev–Trinajstić information content (AvgIpc) is 2.78. The van der Waals surface area contributed by atoms with E-state index in [1.807, 2.05) is 86.6 Å². The zero-order valence-electron chi connectivity index (χ0n) is 19.6. The van der Waals surface area contributed by atoms with Crippen molar-refractivity contribution in [1.82, 2.24) is 0 Å². The lowest BCUT2D eigenvalue weighted by molar-refractivity contribution is 0.0448. The number of benzene rings is 3. The number of rotatable bonds is 10. The topological polar surface area (TPSA) is 38.7 Å². The number of allylic oxidation sites excluding steroid dienone is 2. The summed E-state index contributed by atoms with van der Waals surface area (Å²) in [6.07, 6.45) is 3.54. The maximum Gasteiger partial charge on any atom is 0.126 e. The fourth-order valence-corrected chi connectivity index (χ4v) is 3.60. The van der Waals surface area contributed by atoms with Crippen LogP contribution in [0.15, 0.2) is 84.4 Å². The van der Waals surface area contributed by atoms with E-state index in [2.05, 4.69) is 19.9 Å². The van der Waals surface area contributed by atoms with Crippen LogP contribution in [0.1, 0.15) is 55.9 Å². The van der Waals surface area contributed by atoms with Crippen molar-refractivity contribution in [2.75, 3.05) is 0 Å². The highest BCUT2D eigenvalue weighted by Crippen LogP contribution is 2.39. The molecule has 1 N–H and O–H groups in total. The molecule has 0 saturated heterocycles. The van der Waals surface area contributed by atoms with Crippen LogP contribution in [0.25, 0.3) is 0 Å². The van der Waals surface area contributed by atoms with Crippen molar-refractivity contribution in [2.45, 2.75) is 59.4 Å². The van der Waals surface area contributed by atoms with E-state index in [1.54, 1.807) is 0 Å². The Morgan fingerprint density at radius 3 is 1.91 bits per heavy atom. The van der Waals surface area contributed by atoms with E-state index in [4.69, 9.17) is 9.47 Å². The lowest BCUT2D eigenvalue weighted by Crippen LogP contribution is -2.22. The summed E-state index contributed by atoms with van der Waals surface area (Å²) in [6.45, 7) is 8.94. The third-order valence-corrected chi connectivity index (χ3v) is 5.52. The molecule has 0 spiro atoms. The molecule has 0 heterocycles.